The third-order valence-corrected chi connectivity index (χ3v) is 8.23. The molecular weight excluding hydrogens is 542 g/mol. The molecule has 0 saturated carbocycles. The highest BCUT2D eigenvalue weighted by Gasteiger charge is 2.23. The van der Waals surface area contributed by atoms with E-state index in [1.54, 1.807) is 18.2 Å². The topological polar surface area (TPSA) is 97.7 Å². The van der Waals surface area contributed by atoms with E-state index in [1.165, 1.54) is 0 Å². The minimum absolute atomic E-state index is 0.322. The molecule has 0 unspecified atom stereocenters. The van der Waals surface area contributed by atoms with Crippen LogP contribution in [0.5, 0.6) is 0 Å². The van der Waals surface area contributed by atoms with Gasteiger partial charge in [-0.05, 0) is 65.2 Å². The Morgan fingerprint density at radius 1 is 0.432 bits per heavy atom. The van der Waals surface area contributed by atoms with E-state index in [9.17, 15) is 15.8 Å². The Balaban J connectivity index is 1.55. The van der Waals surface area contributed by atoms with Gasteiger partial charge in [-0.2, -0.15) is 15.8 Å². The summed E-state index contributed by atoms with van der Waals surface area (Å²) in [4.78, 5) is 0. The van der Waals surface area contributed by atoms with Gasteiger partial charge < -0.3 is 8.83 Å². The Morgan fingerprint density at radius 2 is 0.932 bits per heavy atom. The molecule has 0 bridgehead atoms. The van der Waals surface area contributed by atoms with Crippen LogP contribution >= 0.6 is 0 Å². The summed E-state index contributed by atoms with van der Waals surface area (Å²) in [5.74, 6) is 0. The van der Waals surface area contributed by atoms with Crippen molar-refractivity contribution in [1.29, 1.82) is 15.8 Å². The molecule has 0 fully saturated rings. The van der Waals surface area contributed by atoms with Crippen LogP contribution < -0.4 is 0 Å². The quantitative estimate of drug-likeness (QED) is 0.214. The third-order valence-electron chi connectivity index (χ3n) is 8.23. The van der Waals surface area contributed by atoms with E-state index in [0.29, 0.717) is 39.0 Å². The molecule has 0 saturated heterocycles. The Morgan fingerprint density at radius 3 is 1.52 bits per heavy atom. The van der Waals surface area contributed by atoms with E-state index in [4.69, 9.17) is 8.83 Å². The molecule has 6 aromatic carbocycles. The summed E-state index contributed by atoms with van der Waals surface area (Å²) in [5, 5.41) is 34.8. The zero-order chi connectivity index (χ0) is 29.8. The fourth-order valence-electron chi connectivity index (χ4n) is 6.37. The van der Waals surface area contributed by atoms with E-state index in [-0.39, 0.29) is 0 Å². The average molecular weight is 562 g/mol. The number of hydrogen-bond acceptors (Lipinski definition) is 5. The predicted molar refractivity (Wildman–Crippen MR) is 171 cm³/mol. The van der Waals surface area contributed by atoms with Crippen molar-refractivity contribution in [3.05, 3.63) is 132 Å². The van der Waals surface area contributed by atoms with Crippen LogP contribution in [-0.4, -0.2) is 0 Å². The summed E-state index contributed by atoms with van der Waals surface area (Å²) in [6, 6.07) is 43.4. The Kier molecular flexibility index (Phi) is 5.56. The summed E-state index contributed by atoms with van der Waals surface area (Å²) in [6.07, 6.45) is 0. The Bertz CT molecular complexity index is 2570. The second-order valence-corrected chi connectivity index (χ2v) is 10.6. The summed E-state index contributed by atoms with van der Waals surface area (Å²) in [7, 11) is 0. The van der Waals surface area contributed by atoms with Crippen molar-refractivity contribution in [3.8, 4) is 51.6 Å². The van der Waals surface area contributed by atoms with Gasteiger partial charge >= 0.3 is 0 Å². The maximum atomic E-state index is 10.8. The van der Waals surface area contributed by atoms with Gasteiger partial charge in [-0.25, -0.2) is 0 Å². The molecule has 8 rings (SSSR count). The maximum Gasteiger partial charge on any atom is 0.136 e. The molecule has 2 heterocycles. The lowest BCUT2D eigenvalue weighted by atomic mass is 9.84. The molecule has 5 heteroatoms. The second kappa shape index (κ2) is 9.74. The predicted octanol–water partition coefficient (Wildman–Crippen LogP) is 10.1. The van der Waals surface area contributed by atoms with Crippen LogP contribution in [0, 0.1) is 34.0 Å². The number of rotatable bonds is 3. The van der Waals surface area contributed by atoms with Gasteiger partial charge in [-0.15, -0.1) is 0 Å². The molecule has 0 aliphatic rings. The highest BCUT2D eigenvalue weighted by Crippen LogP contribution is 2.45. The van der Waals surface area contributed by atoms with Crippen LogP contribution in [0.2, 0.25) is 0 Å². The molecule has 5 nitrogen and oxygen atoms in total. The Labute approximate surface area is 251 Å². The van der Waals surface area contributed by atoms with Crippen LogP contribution in [0.25, 0.3) is 77.3 Å². The second-order valence-electron chi connectivity index (χ2n) is 10.6. The van der Waals surface area contributed by atoms with Crippen LogP contribution in [0.3, 0.4) is 0 Å². The van der Waals surface area contributed by atoms with E-state index in [2.05, 4.69) is 18.2 Å². The first-order valence-corrected chi connectivity index (χ1v) is 14.0. The number of fused-ring (bicyclic) bond motifs is 6. The van der Waals surface area contributed by atoms with Gasteiger partial charge in [-0.1, -0.05) is 66.7 Å². The van der Waals surface area contributed by atoms with Gasteiger partial charge in [0.2, 0.25) is 0 Å². The van der Waals surface area contributed by atoms with E-state index in [0.717, 1.165) is 55.0 Å². The fourth-order valence-corrected chi connectivity index (χ4v) is 6.37. The Hall–Kier alpha value is -6.61. The molecule has 0 N–H and O–H groups in total. The minimum atomic E-state index is 0.322. The van der Waals surface area contributed by atoms with Crippen LogP contribution in [0.15, 0.2) is 124 Å². The SMILES string of the molecule is N#Cc1cccc(C#N)c1-c1cc(-c2cccc3oc4ccccc4c23)cc(-c2cccc3oc4ccccc4c23)c1C#N. The molecule has 0 aliphatic carbocycles. The van der Waals surface area contributed by atoms with Gasteiger partial charge in [0.05, 0.1) is 28.8 Å². The molecule has 0 atom stereocenters. The first kappa shape index (κ1) is 25.1. The lowest BCUT2D eigenvalue weighted by molar-refractivity contribution is 0.668. The maximum absolute atomic E-state index is 10.8. The first-order valence-electron chi connectivity index (χ1n) is 14.0. The number of nitrogens with zero attached hydrogens (tertiary/aromatic N) is 3. The molecule has 44 heavy (non-hydrogen) atoms. The molecular formula is C39H19N3O2. The van der Waals surface area contributed by atoms with Gasteiger partial charge in [0.1, 0.15) is 28.4 Å². The van der Waals surface area contributed by atoms with Gasteiger partial charge in [-0.3, -0.25) is 0 Å². The zero-order valence-electron chi connectivity index (χ0n) is 23.1. The fraction of sp³-hybridized carbons (Fsp3) is 0. The highest BCUT2D eigenvalue weighted by molar-refractivity contribution is 6.15. The van der Waals surface area contributed by atoms with E-state index >= 15 is 0 Å². The highest BCUT2D eigenvalue weighted by atomic mass is 16.3. The van der Waals surface area contributed by atoms with Crippen LogP contribution in [0.1, 0.15) is 16.7 Å². The third kappa shape index (κ3) is 3.63. The lowest BCUT2D eigenvalue weighted by Crippen LogP contribution is -1.97. The van der Waals surface area contributed by atoms with Crippen molar-refractivity contribution in [1.82, 2.24) is 0 Å². The average Bonchev–Trinajstić information content (AvgIpc) is 3.66. The largest absolute Gasteiger partial charge is 0.456 e. The number of para-hydroxylation sites is 2. The van der Waals surface area contributed by atoms with Gasteiger partial charge in [0.25, 0.3) is 0 Å². The molecule has 202 valence electrons. The van der Waals surface area contributed by atoms with Crippen LogP contribution in [-0.2, 0) is 0 Å². The van der Waals surface area contributed by atoms with Gasteiger partial charge in [0.15, 0.2) is 0 Å². The molecule has 0 radical (unpaired) electrons. The smallest absolute Gasteiger partial charge is 0.136 e. The van der Waals surface area contributed by atoms with Gasteiger partial charge in [0, 0.05) is 38.2 Å². The van der Waals surface area contributed by atoms with E-state index in [1.807, 2.05) is 97.1 Å². The zero-order valence-corrected chi connectivity index (χ0v) is 23.1. The summed E-state index contributed by atoms with van der Waals surface area (Å²) >= 11 is 0. The van der Waals surface area contributed by atoms with E-state index < -0.39 is 0 Å². The van der Waals surface area contributed by atoms with Crippen molar-refractivity contribution in [2.45, 2.75) is 0 Å². The monoisotopic (exact) mass is 561 g/mol. The summed E-state index contributed by atoms with van der Waals surface area (Å²) < 4.78 is 12.4. The van der Waals surface area contributed by atoms with Crippen molar-refractivity contribution in [3.63, 3.8) is 0 Å². The number of hydrogen-bond donors (Lipinski definition) is 0. The summed E-state index contributed by atoms with van der Waals surface area (Å²) in [5.41, 5.74) is 8.19. The normalized spacial score (nSPS) is 11.1. The molecule has 8 aromatic rings. The molecule has 0 amide bonds. The molecule has 2 aromatic heterocycles. The van der Waals surface area contributed by atoms with Crippen LogP contribution in [0.4, 0.5) is 0 Å². The van der Waals surface area contributed by atoms with Crippen molar-refractivity contribution >= 4 is 43.9 Å². The standard InChI is InChI=1S/C39H19N3O2/c40-20-23-8-5-9-24(21-41)37(23)31-19-25(26-12-6-16-35-38(26)28-10-1-3-14-33(28)43-35)18-30(32(31)22-42)27-13-7-17-36-39(27)29-11-2-4-15-34(29)44-36/h1-19H. The lowest BCUT2D eigenvalue weighted by Gasteiger charge is -2.17. The number of benzene rings is 6. The minimum Gasteiger partial charge on any atom is -0.456 e. The summed E-state index contributed by atoms with van der Waals surface area (Å²) in [6.45, 7) is 0. The van der Waals surface area contributed by atoms with Crippen molar-refractivity contribution in [2.24, 2.45) is 0 Å². The first-order chi connectivity index (χ1) is 21.7. The van der Waals surface area contributed by atoms with Crippen molar-refractivity contribution in [2.75, 3.05) is 0 Å². The molecule has 0 aliphatic heterocycles. The number of nitriles is 3. The van der Waals surface area contributed by atoms with Crippen molar-refractivity contribution < 1.29 is 8.83 Å². The number of furan rings is 2. The molecule has 0 spiro atoms.